The van der Waals surface area contributed by atoms with Crippen LogP contribution in [0.1, 0.15) is 6.42 Å². The van der Waals surface area contributed by atoms with Gasteiger partial charge in [-0.25, -0.2) is 0 Å². The van der Waals surface area contributed by atoms with Crippen molar-refractivity contribution in [1.29, 1.82) is 0 Å². The highest BCUT2D eigenvalue weighted by molar-refractivity contribution is 7.99. The molecule has 3 rings (SSSR count). The van der Waals surface area contributed by atoms with Gasteiger partial charge in [0.2, 0.25) is 5.89 Å². The van der Waals surface area contributed by atoms with Crippen LogP contribution in [0.3, 0.4) is 0 Å². The van der Waals surface area contributed by atoms with Gasteiger partial charge in [0, 0.05) is 35.8 Å². The van der Waals surface area contributed by atoms with Crippen LogP contribution in [-0.2, 0) is 0 Å². The summed E-state index contributed by atoms with van der Waals surface area (Å²) in [5, 5.41) is 19.1. The third-order valence-electron chi connectivity index (χ3n) is 3.16. The van der Waals surface area contributed by atoms with Crippen molar-refractivity contribution in [2.45, 2.75) is 11.6 Å². The smallest absolute Gasteiger partial charge is 0.276 e. The summed E-state index contributed by atoms with van der Waals surface area (Å²) in [5.41, 5.74) is 0.875. The van der Waals surface area contributed by atoms with E-state index in [0.29, 0.717) is 23.5 Å². The highest BCUT2D eigenvalue weighted by Gasteiger charge is 2.08. The van der Waals surface area contributed by atoms with Crippen LogP contribution in [-0.4, -0.2) is 32.5 Å². The Labute approximate surface area is 147 Å². The number of pyridine rings is 1. The number of non-ortho nitro benzene ring substituents is 1. The summed E-state index contributed by atoms with van der Waals surface area (Å²) >= 11 is 1.45. The Morgan fingerprint density at radius 1 is 1.12 bits per heavy atom. The van der Waals surface area contributed by atoms with E-state index >= 15 is 0 Å². The minimum Gasteiger partial charge on any atom is -0.494 e. The van der Waals surface area contributed by atoms with E-state index in [1.807, 2.05) is 0 Å². The second-order valence-electron chi connectivity index (χ2n) is 4.91. The average Bonchev–Trinajstić information content (AvgIpc) is 3.11. The highest BCUT2D eigenvalue weighted by atomic mass is 32.2. The third-order valence-corrected chi connectivity index (χ3v) is 4.07. The van der Waals surface area contributed by atoms with Gasteiger partial charge >= 0.3 is 0 Å². The fraction of sp³-hybridized carbons (Fsp3) is 0.188. The molecule has 0 spiro atoms. The van der Waals surface area contributed by atoms with Gasteiger partial charge in [-0.1, -0.05) is 11.8 Å². The number of hydrogen-bond donors (Lipinski definition) is 0. The fourth-order valence-corrected chi connectivity index (χ4v) is 2.62. The van der Waals surface area contributed by atoms with Crippen LogP contribution < -0.4 is 4.74 Å². The molecule has 9 heteroatoms. The van der Waals surface area contributed by atoms with Crippen molar-refractivity contribution in [3.63, 3.8) is 0 Å². The second-order valence-corrected chi connectivity index (χ2v) is 5.96. The molecule has 128 valence electrons. The Hall–Kier alpha value is -2.94. The minimum atomic E-state index is -0.439. The molecular weight excluding hydrogens is 344 g/mol. The highest BCUT2D eigenvalue weighted by Crippen LogP contribution is 2.23. The maximum atomic E-state index is 10.6. The Bertz CT molecular complexity index is 824. The van der Waals surface area contributed by atoms with Crippen LogP contribution >= 0.6 is 11.8 Å². The number of nitrogens with zero attached hydrogens (tertiary/aromatic N) is 4. The number of hydrogen-bond acceptors (Lipinski definition) is 8. The molecule has 0 aliphatic rings. The van der Waals surface area contributed by atoms with E-state index in [1.54, 1.807) is 36.7 Å². The van der Waals surface area contributed by atoms with Gasteiger partial charge in [0.25, 0.3) is 10.9 Å². The van der Waals surface area contributed by atoms with Crippen molar-refractivity contribution < 1.29 is 14.1 Å². The number of ether oxygens (including phenoxy) is 1. The largest absolute Gasteiger partial charge is 0.494 e. The van der Waals surface area contributed by atoms with Crippen LogP contribution in [0.2, 0.25) is 0 Å². The van der Waals surface area contributed by atoms with Gasteiger partial charge in [0.15, 0.2) is 0 Å². The molecule has 0 amide bonds. The lowest BCUT2D eigenvalue weighted by Gasteiger charge is -2.04. The van der Waals surface area contributed by atoms with E-state index in [9.17, 15) is 10.1 Å². The van der Waals surface area contributed by atoms with Crippen LogP contribution in [0.15, 0.2) is 58.4 Å². The first kappa shape index (κ1) is 16.9. The molecule has 2 heterocycles. The molecule has 0 aliphatic carbocycles. The number of benzene rings is 1. The Kier molecular flexibility index (Phi) is 5.57. The van der Waals surface area contributed by atoms with Gasteiger partial charge in [-0.3, -0.25) is 15.1 Å². The van der Waals surface area contributed by atoms with Crippen LogP contribution in [0.5, 0.6) is 5.75 Å². The molecule has 8 nitrogen and oxygen atoms in total. The van der Waals surface area contributed by atoms with Crippen LogP contribution in [0, 0.1) is 10.1 Å². The topological polar surface area (TPSA) is 104 Å². The summed E-state index contributed by atoms with van der Waals surface area (Å²) < 4.78 is 11.1. The maximum Gasteiger partial charge on any atom is 0.276 e. The van der Waals surface area contributed by atoms with Gasteiger partial charge in [0.05, 0.1) is 11.5 Å². The Morgan fingerprint density at radius 2 is 1.88 bits per heavy atom. The van der Waals surface area contributed by atoms with Crippen molar-refractivity contribution in [2.75, 3.05) is 12.4 Å². The number of thioether (sulfide) groups is 1. The van der Waals surface area contributed by atoms with Crippen LogP contribution in [0.4, 0.5) is 5.69 Å². The molecule has 0 fully saturated rings. The molecule has 25 heavy (non-hydrogen) atoms. The lowest BCUT2D eigenvalue weighted by Crippen LogP contribution is -1.98. The zero-order chi connectivity index (χ0) is 17.5. The molecule has 0 radical (unpaired) electrons. The number of nitro benzene ring substituents is 1. The van der Waals surface area contributed by atoms with Gasteiger partial charge in [0.1, 0.15) is 5.75 Å². The Morgan fingerprint density at radius 3 is 2.60 bits per heavy atom. The first-order chi connectivity index (χ1) is 12.2. The van der Waals surface area contributed by atoms with E-state index in [4.69, 9.17) is 9.15 Å². The number of rotatable bonds is 8. The standard InChI is InChI=1S/C16H14N4O4S/c21-20(22)13-2-4-14(5-3-13)23-10-1-11-25-16-19-18-15(24-16)12-6-8-17-9-7-12/h2-9H,1,10-11H2. The number of nitro groups is 1. The van der Waals surface area contributed by atoms with Crippen molar-refractivity contribution in [2.24, 2.45) is 0 Å². The molecule has 1 aromatic carbocycles. The molecule has 0 saturated carbocycles. The third kappa shape index (κ3) is 4.77. The number of aromatic nitrogens is 3. The molecule has 2 aromatic heterocycles. The molecule has 0 aliphatic heterocycles. The van der Waals surface area contributed by atoms with E-state index < -0.39 is 4.92 Å². The van der Waals surface area contributed by atoms with Crippen molar-refractivity contribution in [1.82, 2.24) is 15.2 Å². The summed E-state index contributed by atoms with van der Waals surface area (Å²) in [6.45, 7) is 0.496. The molecule has 0 saturated heterocycles. The molecule has 0 unspecified atom stereocenters. The molecule has 0 bridgehead atoms. The average molecular weight is 358 g/mol. The van der Waals surface area contributed by atoms with Crippen LogP contribution in [0.25, 0.3) is 11.5 Å². The molecule has 0 N–H and O–H groups in total. The van der Waals surface area contributed by atoms with Gasteiger partial charge in [-0.15, -0.1) is 10.2 Å². The molecule has 0 atom stereocenters. The monoisotopic (exact) mass is 358 g/mol. The quantitative estimate of drug-likeness (QED) is 0.260. The van der Waals surface area contributed by atoms with Crippen molar-refractivity contribution in [3.05, 3.63) is 58.9 Å². The van der Waals surface area contributed by atoms with Gasteiger partial charge in [-0.05, 0) is 30.7 Å². The first-order valence-electron chi connectivity index (χ1n) is 7.46. The maximum absolute atomic E-state index is 10.6. The van der Waals surface area contributed by atoms with E-state index in [1.165, 1.54) is 23.9 Å². The zero-order valence-electron chi connectivity index (χ0n) is 13.1. The predicted octanol–water partition coefficient (Wildman–Crippen LogP) is 3.60. The summed E-state index contributed by atoms with van der Waals surface area (Å²) in [6, 6.07) is 9.63. The summed E-state index contributed by atoms with van der Waals surface area (Å²) in [6.07, 6.45) is 4.11. The van der Waals surface area contributed by atoms with Gasteiger partial charge in [-0.2, -0.15) is 0 Å². The summed E-state index contributed by atoms with van der Waals surface area (Å²) in [4.78, 5) is 14.1. The predicted molar refractivity (Wildman–Crippen MR) is 91.5 cm³/mol. The fourth-order valence-electron chi connectivity index (χ4n) is 1.95. The first-order valence-corrected chi connectivity index (χ1v) is 8.45. The molecular formula is C16H14N4O4S. The normalized spacial score (nSPS) is 10.6. The van der Waals surface area contributed by atoms with E-state index in [0.717, 1.165) is 17.7 Å². The lowest BCUT2D eigenvalue weighted by molar-refractivity contribution is -0.384. The van der Waals surface area contributed by atoms with Crippen molar-refractivity contribution >= 4 is 17.4 Å². The SMILES string of the molecule is O=[N+]([O-])c1ccc(OCCCSc2nnc(-c3ccncc3)o2)cc1. The second kappa shape index (κ2) is 8.25. The van der Waals surface area contributed by atoms with Gasteiger partial charge < -0.3 is 9.15 Å². The summed E-state index contributed by atoms with van der Waals surface area (Å²) in [7, 11) is 0. The van der Waals surface area contributed by atoms with E-state index in [2.05, 4.69) is 15.2 Å². The zero-order valence-corrected chi connectivity index (χ0v) is 13.9. The van der Waals surface area contributed by atoms with E-state index in [-0.39, 0.29) is 5.69 Å². The Balaban J connectivity index is 1.40. The minimum absolute atomic E-state index is 0.0456. The molecule has 3 aromatic rings. The summed E-state index contributed by atoms with van der Waals surface area (Å²) in [5.74, 6) is 1.82. The lowest BCUT2D eigenvalue weighted by atomic mass is 10.3. The van der Waals surface area contributed by atoms with Crippen molar-refractivity contribution in [3.8, 4) is 17.2 Å².